The standard InChI is InChI=1S/C15H17ClN2O2S/c1-3-15(4-2)8-12(19)18(14(15)20)11-7-9(13(17)21)5-6-10(11)16/h5-7H,3-4,8H2,1-2H3,(H2,17,21). The number of halogens is 1. The molecule has 0 atom stereocenters. The minimum Gasteiger partial charge on any atom is -0.389 e. The maximum atomic E-state index is 12.7. The SMILES string of the molecule is CCC1(CC)CC(=O)N(c2cc(C(N)=S)ccc2Cl)C1=O. The number of carbonyl (C=O) groups is 2. The predicted molar refractivity (Wildman–Crippen MR) is 87.5 cm³/mol. The molecule has 2 rings (SSSR count). The molecule has 0 unspecified atom stereocenters. The Labute approximate surface area is 134 Å². The number of thiocarbonyl (C=S) groups is 1. The second-order valence-electron chi connectivity index (χ2n) is 5.23. The third kappa shape index (κ3) is 2.56. The van der Waals surface area contributed by atoms with Gasteiger partial charge in [-0.1, -0.05) is 43.7 Å². The summed E-state index contributed by atoms with van der Waals surface area (Å²) < 4.78 is 0. The quantitative estimate of drug-likeness (QED) is 0.683. The molecule has 0 aliphatic carbocycles. The molecule has 0 bridgehead atoms. The van der Waals surface area contributed by atoms with Gasteiger partial charge in [-0.3, -0.25) is 9.59 Å². The number of nitrogens with two attached hydrogens (primary N) is 1. The molecule has 6 heteroatoms. The molecule has 21 heavy (non-hydrogen) atoms. The van der Waals surface area contributed by atoms with Gasteiger partial charge in [0.1, 0.15) is 4.99 Å². The minimum absolute atomic E-state index is 0.195. The molecule has 2 amide bonds. The molecule has 2 N–H and O–H groups in total. The highest BCUT2D eigenvalue weighted by atomic mass is 35.5. The van der Waals surface area contributed by atoms with Crippen molar-refractivity contribution in [3.63, 3.8) is 0 Å². The molecule has 0 aromatic heterocycles. The lowest BCUT2D eigenvalue weighted by Crippen LogP contribution is -2.35. The number of anilines is 1. The summed E-state index contributed by atoms with van der Waals surface area (Å²) in [6.07, 6.45) is 1.46. The molecular weight excluding hydrogens is 308 g/mol. The van der Waals surface area contributed by atoms with Crippen molar-refractivity contribution in [3.8, 4) is 0 Å². The summed E-state index contributed by atoms with van der Waals surface area (Å²) in [5, 5.41) is 0.333. The van der Waals surface area contributed by atoms with E-state index in [9.17, 15) is 9.59 Å². The first kappa shape index (κ1) is 15.9. The maximum absolute atomic E-state index is 12.7. The zero-order valence-electron chi connectivity index (χ0n) is 12.0. The predicted octanol–water partition coefficient (Wildman–Crippen LogP) is 3.04. The fourth-order valence-corrected chi connectivity index (χ4v) is 3.01. The molecule has 1 aliphatic heterocycles. The molecule has 1 aromatic rings. The van der Waals surface area contributed by atoms with Gasteiger partial charge in [0.15, 0.2) is 0 Å². The van der Waals surface area contributed by atoms with Crippen molar-refractivity contribution in [1.29, 1.82) is 0 Å². The number of amides is 2. The van der Waals surface area contributed by atoms with Gasteiger partial charge >= 0.3 is 0 Å². The molecule has 0 spiro atoms. The van der Waals surface area contributed by atoms with E-state index in [2.05, 4.69) is 0 Å². The van der Waals surface area contributed by atoms with Crippen molar-refractivity contribution in [1.82, 2.24) is 0 Å². The van der Waals surface area contributed by atoms with E-state index >= 15 is 0 Å². The Bertz CT molecular complexity index is 626. The van der Waals surface area contributed by atoms with Gasteiger partial charge in [0.05, 0.1) is 16.1 Å². The first-order chi connectivity index (χ1) is 9.86. The minimum atomic E-state index is -0.625. The van der Waals surface area contributed by atoms with Crippen LogP contribution in [0.1, 0.15) is 38.7 Å². The third-order valence-electron chi connectivity index (χ3n) is 4.22. The summed E-state index contributed by atoms with van der Waals surface area (Å²) in [6, 6.07) is 4.87. The van der Waals surface area contributed by atoms with Crippen molar-refractivity contribution in [3.05, 3.63) is 28.8 Å². The van der Waals surface area contributed by atoms with Crippen LogP contribution in [0.4, 0.5) is 5.69 Å². The summed E-state index contributed by atoms with van der Waals surface area (Å²) in [6.45, 7) is 3.84. The number of nitrogens with zero attached hydrogens (tertiary/aromatic N) is 1. The Hall–Kier alpha value is -1.46. The van der Waals surface area contributed by atoms with Crippen LogP contribution in [0.2, 0.25) is 5.02 Å². The summed E-state index contributed by atoms with van der Waals surface area (Å²) in [7, 11) is 0. The zero-order valence-corrected chi connectivity index (χ0v) is 13.6. The van der Waals surface area contributed by atoms with Crippen molar-refractivity contribution in [2.75, 3.05) is 4.90 Å². The average molecular weight is 325 g/mol. The van der Waals surface area contributed by atoms with Gasteiger partial charge in [0, 0.05) is 12.0 Å². The van der Waals surface area contributed by atoms with E-state index in [1.165, 1.54) is 4.90 Å². The Morgan fingerprint density at radius 3 is 2.48 bits per heavy atom. The van der Waals surface area contributed by atoms with E-state index in [1.807, 2.05) is 13.8 Å². The topological polar surface area (TPSA) is 63.4 Å². The molecule has 0 radical (unpaired) electrons. The van der Waals surface area contributed by atoms with Crippen LogP contribution in [0.15, 0.2) is 18.2 Å². The van der Waals surface area contributed by atoms with Crippen LogP contribution in [0.3, 0.4) is 0 Å². The molecule has 1 aromatic carbocycles. The Morgan fingerprint density at radius 2 is 2.00 bits per heavy atom. The van der Waals surface area contributed by atoms with Crippen LogP contribution >= 0.6 is 23.8 Å². The molecule has 1 saturated heterocycles. The monoisotopic (exact) mass is 324 g/mol. The number of imide groups is 1. The maximum Gasteiger partial charge on any atom is 0.240 e. The molecule has 4 nitrogen and oxygen atoms in total. The molecular formula is C15H17ClN2O2S. The van der Waals surface area contributed by atoms with Crippen LogP contribution in [-0.4, -0.2) is 16.8 Å². The summed E-state index contributed by atoms with van der Waals surface area (Å²) in [5.41, 5.74) is 5.92. The first-order valence-corrected chi connectivity index (χ1v) is 7.61. The van der Waals surface area contributed by atoms with Crippen molar-refractivity contribution < 1.29 is 9.59 Å². The van der Waals surface area contributed by atoms with Gasteiger partial charge in [0.2, 0.25) is 11.8 Å². The van der Waals surface area contributed by atoms with Crippen molar-refractivity contribution in [2.45, 2.75) is 33.1 Å². The van der Waals surface area contributed by atoms with Crippen LogP contribution in [0, 0.1) is 5.41 Å². The van der Waals surface area contributed by atoms with Crippen LogP contribution < -0.4 is 10.6 Å². The second kappa shape index (κ2) is 5.73. The second-order valence-corrected chi connectivity index (χ2v) is 6.08. The average Bonchev–Trinajstić information content (AvgIpc) is 2.71. The first-order valence-electron chi connectivity index (χ1n) is 6.83. The van der Waals surface area contributed by atoms with E-state index < -0.39 is 5.41 Å². The van der Waals surface area contributed by atoms with Crippen molar-refractivity contribution >= 4 is 46.3 Å². The van der Waals surface area contributed by atoms with E-state index in [4.69, 9.17) is 29.6 Å². The van der Waals surface area contributed by atoms with E-state index in [-0.39, 0.29) is 23.2 Å². The largest absolute Gasteiger partial charge is 0.389 e. The summed E-state index contributed by atoms with van der Waals surface area (Å²) in [4.78, 5) is 26.4. The third-order valence-corrected chi connectivity index (χ3v) is 4.78. The van der Waals surface area contributed by atoms with Crippen LogP contribution in [-0.2, 0) is 9.59 Å². The van der Waals surface area contributed by atoms with E-state index in [1.54, 1.807) is 18.2 Å². The normalized spacial score (nSPS) is 17.4. The van der Waals surface area contributed by atoms with E-state index in [0.29, 0.717) is 29.1 Å². The van der Waals surface area contributed by atoms with Gasteiger partial charge in [0.25, 0.3) is 0 Å². The van der Waals surface area contributed by atoms with Gasteiger partial charge in [-0.25, -0.2) is 4.90 Å². The number of hydrogen-bond acceptors (Lipinski definition) is 3. The Balaban J connectivity index is 2.52. The van der Waals surface area contributed by atoms with Crippen LogP contribution in [0.25, 0.3) is 0 Å². The van der Waals surface area contributed by atoms with Gasteiger partial charge < -0.3 is 5.73 Å². The van der Waals surface area contributed by atoms with Gasteiger partial charge in [-0.2, -0.15) is 0 Å². The molecule has 0 saturated carbocycles. The number of benzene rings is 1. The molecule has 1 aliphatic rings. The molecule has 112 valence electrons. The Morgan fingerprint density at radius 1 is 1.38 bits per heavy atom. The molecule has 1 heterocycles. The number of rotatable bonds is 4. The van der Waals surface area contributed by atoms with Gasteiger partial charge in [-0.15, -0.1) is 0 Å². The lowest BCUT2D eigenvalue weighted by molar-refractivity contribution is -0.126. The molecule has 1 fully saturated rings. The van der Waals surface area contributed by atoms with Crippen molar-refractivity contribution in [2.24, 2.45) is 11.1 Å². The lowest BCUT2D eigenvalue weighted by Gasteiger charge is -2.24. The highest BCUT2D eigenvalue weighted by Gasteiger charge is 2.50. The highest BCUT2D eigenvalue weighted by Crippen LogP contribution is 2.43. The smallest absolute Gasteiger partial charge is 0.240 e. The fourth-order valence-electron chi connectivity index (χ4n) is 2.68. The van der Waals surface area contributed by atoms with Crippen LogP contribution in [0.5, 0.6) is 0 Å². The zero-order chi connectivity index (χ0) is 15.8. The summed E-state index contributed by atoms with van der Waals surface area (Å²) in [5.74, 6) is -0.426. The summed E-state index contributed by atoms with van der Waals surface area (Å²) >= 11 is 11.1. The number of carbonyl (C=O) groups excluding carboxylic acids is 2. The lowest BCUT2D eigenvalue weighted by atomic mass is 9.81. The van der Waals surface area contributed by atoms with Gasteiger partial charge in [-0.05, 0) is 25.0 Å². The van der Waals surface area contributed by atoms with E-state index in [0.717, 1.165) is 0 Å². The highest BCUT2D eigenvalue weighted by molar-refractivity contribution is 7.80. The number of hydrogen-bond donors (Lipinski definition) is 1. The fraction of sp³-hybridized carbons (Fsp3) is 0.400. The Kier molecular flexibility index (Phi) is 4.35.